The number of carbonyl (C=O) groups is 1. The van der Waals surface area contributed by atoms with Crippen LogP contribution in [0.25, 0.3) is 0 Å². The van der Waals surface area contributed by atoms with Gasteiger partial charge in [-0.15, -0.1) is 0 Å². The fourth-order valence-corrected chi connectivity index (χ4v) is 0.775. The highest BCUT2D eigenvalue weighted by Gasteiger charge is 2.08. The molecule has 0 heterocycles. The Kier molecular flexibility index (Phi) is 4.94. The van der Waals surface area contributed by atoms with Crippen molar-refractivity contribution in [2.75, 3.05) is 13.7 Å². The number of rotatable bonds is 4. The van der Waals surface area contributed by atoms with Crippen LogP contribution in [0.1, 0.15) is 19.8 Å². The number of nitrogens with one attached hydrogen (secondary N) is 1. The molecule has 0 aromatic rings. The van der Waals surface area contributed by atoms with Crippen molar-refractivity contribution in [3.63, 3.8) is 0 Å². The third kappa shape index (κ3) is 3.45. The lowest BCUT2D eigenvalue weighted by molar-refractivity contribution is -0.124. The van der Waals surface area contributed by atoms with E-state index in [9.17, 15) is 4.79 Å². The molecule has 0 aliphatic carbocycles. The van der Waals surface area contributed by atoms with Crippen molar-refractivity contribution in [2.24, 2.45) is 5.92 Å². The van der Waals surface area contributed by atoms with Gasteiger partial charge in [0.05, 0.1) is 0 Å². The first-order valence-corrected chi connectivity index (χ1v) is 3.54. The van der Waals surface area contributed by atoms with Gasteiger partial charge in [-0.2, -0.15) is 0 Å². The van der Waals surface area contributed by atoms with Gasteiger partial charge in [0, 0.05) is 19.6 Å². The Labute approximate surface area is 61.4 Å². The van der Waals surface area contributed by atoms with Crippen LogP contribution < -0.4 is 5.32 Å². The van der Waals surface area contributed by atoms with E-state index in [1.54, 1.807) is 7.05 Å². The largest absolute Gasteiger partial charge is 0.396 e. The second-order valence-electron chi connectivity index (χ2n) is 2.38. The molecule has 0 aromatic heterocycles. The maximum atomic E-state index is 10.8. The van der Waals surface area contributed by atoms with Crippen LogP contribution in [0, 0.1) is 5.92 Å². The number of hydrogen-bond donors (Lipinski definition) is 2. The normalized spacial score (nSPS) is 12.7. The molecule has 0 aromatic carbocycles. The number of amides is 1. The van der Waals surface area contributed by atoms with E-state index in [1.807, 2.05) is 6.92 Å². The minimum Gasteiger partial charge on any atom is -0.396 e. The second-order valence-corrected chi connectivity index (χ2v) is 2.38. The van der Waals surface area contributed by atoms with Gasteiger partial charge in [0.15, 0.2) is 0 Å². The molecule has 10 heavy (non-hydrogen) atoms. The van der Waals surface area contributed by atoms with Crippen molar-refractivity contribution in [3.05, 3.63) is 0 Å². The Hall–Kier alpha value is -0.570. The van der Waals surface area contributed by atoms with Crippen LogP contribution in [0.3, 0.4) is 0 Å². The van der Waals surface area contributed by atoms with Gasteiger partial charge in [-0.05, 0) is 12.8 Å². The van der Waals surface area contributed by atoms with Crippen LogP contribution in [0.15, 0.2) is 0 Å². The fourth-order valence-electron chi connectivity index (χ4n) is 0.775. The lowest BCUT2D eigenvalue weighted by Gasteiger charge is -2.07. The van der Waals surface area contributed by atoms with Gasteiger partial charge in [-0.25, -0.2) is 0 Å². The number of hydrogen-bond acceptors (Lipinski definition) is 2. The third-order valence-electron chi connectivity index (χ3n) is 1.49. The van der Waals surface area contributed by atoms with Crippen molar-refractivity contribution in [1.29, 1.82) is 0 Å². The minimum atomic E-state index is 0.0251. The molecule has 0 bridgehead atoms. The minimum absolute atomic E-state index is 0.0251. The molecule has 2 N–H and O–H groups in total. The van der Waals surface area contributed by atoms with E-state index >= 15 is 0 Å². The van der Waals surface area contributed by atoms with Crippen LogP contribution in [0.2, 0.25) is 0 Å². The number of aliphatic hydroxyl groups is 1. The second kappa shape index (κ2) is 5.23. The average molecular weight is 145 g/mol. The summed E-state index contributed by atoms with van der Waals surface area (Å²) in [5.41, 5.74) is 0. The predicted molar refractivity (Wildman–Crippen MR) is 39.6 cm³/mol. The molecule has 1 amide bonds. The molecule has 1 unspecified atom stereocenters. The molecule has 0 spiro atoms. The molecule has 0 aliphatic rings. The van der Waals surface area contributed by atoms with Crippen LogP contribution in [-0.2, 0) is 4.79 Å². The zero-order chi connectivity index (χ0) is 7.98. The average Bonchev–Trinajstić information content (AvgIpc) is 1.98. The van der Waals surface area contributed by atoms with Gasteiger partial charge < -0.3 is 10.4 Å². The standard InChI is InChI=1S/C7H15NO2/c1-6(4-3-5-9)7(10)8-2/h6,9H,3-5H2,1-2H3,(H,8,10). The van der Waals surface area contributed by atoms with Crippen LogP contribution in [0.5, 0.6) is 0 Å². The smallest absolute Gasteiger partial charge is 0.222 e. The van der Waals surface area contributed by atoms with E-state index in [-0.39, 0.29) is 18.4 Å². The molecule has 0 saturated heterocycles. The third-order valence-corrected chi connectivity index (χ3v) is 1.49. The maximum absolute atomic E-state index is 10.8. The van der Waals surface area contributed by atoms with E-state index in [2.05, 4.69) is 5.32 Å². The van der Waals surface area contributed by atoms with Crippen molar-refractivity contribution >= 4 is 5.91 Å². The molecule has 0 saturated carbocycles. The Morgan fingerprint density at radius 1 is 1.70 bits per heavy atom. The Bertz CT molecular complexity index is 104. The summed E-state index contributed by atoms with van der Waals surface area (Å²) in [6, 6.07) is 0. The number of carbonyl (C=O) groups excluding carboxylic acids is 1. The van der Waals surface area contributed by atoms with Crippen molar-refractivity contribution < 1.29 is 9.90 Å². The first kappa shape index (κ1) is 9.43. The number of aliphatic hydroxyl groups excluding tert-OH is 1. The summed E-state index contributed by atoms with van der Waals surface area (Å²) in [5.74, 6) is 0.0746. The molecule has 3 heteroatoms. The summed E-state index contributed by atoms with van der Waals surface area (Å²) in [6.07, 6.45) is 1.46. The summed E-state index contributed by atoms with van der Waals surface area (Å²) in [6.45, 7) is 2.02. The van der Waals surface area contributed by atoms with E-state index in [1.165, 1.54) is 0 Å². The highest BCUT2D eigenvalue weighted by molar-refractivity contribution is 5.77. The zero-order valence-electron chi connectivity index (χ0n) is 6.55. The summed E-state index contributed by atoms with van der Waals surface area (Å²) in [4.78, 5) is 10.8. The topological polar surface area (TPSA) is 49.3 Å². The van der Waals surface area contributed by atoms with E-state index < -0.39 is 0 Å². The molecular formula is C7H15NO2. The SMILES string of the molecule is CNC(=O)C(C)CCCO. The molecule has 0 radical (unpaired) electrons. The fraction of sp³-hybridized carbons (Fsp3) is 0.857. The Balaban J connectivity index is 3.41. The van der Waals surface area contributed by atoms with E-state index in [0.29, 0.717) is 6.42 Å². The van der Waals surface area contributed by atoms with Crippen LogP contribution >= 0.6 is 0 Å². The first-order chi connectivity index (χ1) is 4.72. The lowest BCUT2D eigenvalue weighted by atomic mass is 10.1. The molecule has 0 aliphatic heterocycles. The zero-order valence-corrected chi connectivity index (χ0v) is 6.55. The molecule has 0 fully saturated rings. The highest BCUT2D eigenvalue weighted by Crippen LogP contribution is 2.03. The molecule has 0 rings (SSSR count). The van der Waals surface area contributed by atoms with Gasteiger partial charge >= 0.3 is 0 Å². The first-order valence-electron chi connectivity index (χ1n) is 3.54. The highest BCUT2D eigenvalue weighted by atomic mass is 16.2. The van der Waals surface area contributed by atoms with Gasteiger partial charge in [-0.3, -0.25) is 4.79 Å². The monoisotopic (exact) mass is 145 g/mol. The van der Waals surface area contributed by atoms with Crippen molar-refractivity contribution in [1.82, 2.24) is 5.32 Å². The lowest BCUT2D eigenvalue weighted by Crippen LogP contribution is -2.25. The van der Waals surface area contributed by atoms with Gasteiger partial charge in [-0.1, -0.05) is 6.92 Å². The van der Waals surface area contributed by atoms with Gasteiger partial charge in [0.2, 0.25) is 5.91 Å². The van der Waals surface area contributed by atoms with Gasteiger partial charge in [0.25, 0.3) is 0 Å². The summed E-state index contributed by atoms with van der Waals surface area (Å²) >= 11 is 0. The maximum Gasteiger partial charge on any atom is 0.222 e. The summed E-state index contributed by atoms with van der Waals surface area (Å²) in [5, 5.41) is 11.0. The molecule has 1 atom stereocenters. The predicted octanol–water partition coefficient (Wildman–Crippen LogP) is 0.141. The van der Waals surface area contributed by atoms with Gasteiger partial charge in [0.1, 0.15) is 0 Å². The van der Waals surface area contributed by atoms with E-state index in [4.69, 9.17) is 5.11 Å². The Morgan fingerprint density at radius 3 is 2.70 bits per heavy atom. The van der Waals surface area contributed by atoms with Crippen molar-refractivity contribution in [3.8, 4) is 0 Å². The Morgan fingerprint density at radius 2 is 2.30 bits per heavy atom. The van der Waals surface area contributed by atoms with Crippen molar-refractivity contribution in [2.45, 2.75) is 19.8 Å². The quantitative estimate of drug-likeness (QED) is 0.591. The molecular weight excluding hydrogens is 130 g/mol. The van der Waals surface area contributed by atoms with Crippen LogP contribution in [-0.4, -0.2) is 24.7 Å². The van der Waals surface area contributed by atoms with Crippen LogP contribution in [0.4, 0.5) is 0 Å². The molecule has 60 valence electrons. The molecule has 3 nitrogen and oxygen atoms in total. The van der Waals surface area contributed by atoms with E-state index in [0.717, 1.165) is 6.42 Å². The summed E-state index contributed by atoms with van der Waals surface area (Å²) in [7, 11) is 1.62. The summed E-state index contributed by atoms with van der Waals surface area (Å²) < 4.78 is 0.